The summed E-state index contributed by atoms with van der Waals surface area (Å²) < 4.78 is 32.3. The monoisotopic (exact) mass is 409 g/mol. The van der Waals surface area contributed by atoms with Crippen molar-refractivity contribution in [2.24, 2.45) is 0 Å². The largest absolute Gasteiger partial charge is 0.454 e. The van der Waals surface area contributed by atoms with Crippen molar-refractivity contribution >= 4 is 32.5 Å². The van der Waals surface area contributed by atoms with Gasteiger partial charge in [-0.25, -0.2) is 17.9 Å². The lowest BCUT2D eigenvalue weighted by molar-refractivity contribution is 0.0474. The number of esters is 1. The Morgan fingerprint density at radius 1 is 0.897 bits per heavy atom. The van der Waals surface area contributed by atoms with Gasteiger partial charge in [-0.15, -0.1) is 0 Å². The molecule has 4 rings (SSSR count). The van der Waals surface area contributed by atoms with Crippen LogP contribution in [0.5, 0.6) is 0 Å². The summed E-state index contributed by atoms with van der Waals surface area (Å²) in [5.41, 5.74) is 0.524. The molecule has 7 heteroatoms. The molecule has 1 aliphatic rings. The highest BCUT2D eigenvalue weighted by Gasteiger charge is 2.28. The first-order valence-electron chi connectivity index (χ1n) is 9.24. The number of hydrogen-bond acceptors (Lipinski definition) is 5. The zero-order valence-corrected chi connectivity index (χ0v) is 16.3. The van der Waals surface area contributed by atoms with E-state index in [0.717, 1.165) is 23.6 Å². The number of hydrogen-bond donors (Lipinski definition) is 1. The van der Waals surface area contributed by atoms with Crippen molar-refractivity contribution in [3.8, 4) is 0 Å². The smallest absolute Gasteiger partial charge is 0.338 e. The van der Waals surface area contributed by atoms with Gasteiger partial charge in [0.1, 0.15) is 0 Å². The maximum atomic E-state index is 12.4. The van der Waals surface area contributed by atoms with E-state index in [-0.39, 0.29) is 22.3 Å². The van der Waals surface area contributed by atoms with E-state index in [4.69, 9.17) is 4.74 Å². The van der Waals surface area contributed by atoms with Crippen molar-refractivity contribution in [2.75, 3.05) is 6.61 Å². The fourth-order valence-corrected chi connectivity index (χ4v) is 4.29. The van der Waals surface area contributed by atoms with E-state index >= 15 is 0 Å². The second-order valence-electron chi connectivity index (χ2n) is 6.98. The maximum absolute atomic E-state index is 12.4. The Morgan fingerprint density at radius 3 is 2.41 bits per heavy atom. The van der Waals surface area contributed by atoms with E-state index in [1.54, 1.807) is 12.1 Å². The third-order valence-corrected chi connectivity index (χ3v) is 6.20. The highest BCUT2D eigenvalue weighted by Crippen LogP contribution is 2.22. The summed E-state index contributed by atoms with van der Waals surface area (Å²) in [7, 11) is -3.67. The first kappa shape index (κ1) is 19.3. The lowest BCUT2D eigenvalue weighted by Crippen LogP contribution is -2.26. The maximum Gasteiger partial charge on any atom is 0.338 e. The molecule has 148 valence electrons. The number of sulfonamides is 1. The highest BCUT2D eigenvalue weighted by atomic mass is 32.2. The Hall–Kier alpha value is -3.03. The molecule has 1 aliphatic carbocycles. The van der Waals surface area contributed by atoms with Crippen molar-refractivity contribution in [3.63, 3.8) is 0 Å². The van der Waals surface area contributed by atoms with E-state index < -0.39 is 22.6 Å². The zero-order valence-electron chi connectivity index (χ0n) is 15.5. The Morgan fingerprint density at radius 2 is 1.66 bits per heavy atom. The van der Waals surface area contributed by atoms with Crippen molar-refractivity contribution in [1.82, 2.24) is 4.72 Å². The van der Waals surface area contributed by atoms with E-state index in [1.165, 1.54) is 24.3 Å². The van der Waals surface area contributed by atoms with Crippen molar-refractivity contribution < 1.29 is 22.7 Å². The van der Waals surface area contributed by atoms with E-state index in [0.29, 0.717) is 5.56 Å². The molecule has 29 heavy (non-hydrogen) atoms. The molecular weight excluding hydrogens is 390 g/mol. The molecule has 0 aromatic heterocycles. The molecule has 0 atom stereocenters. The number of fused-ring (bicyclic) bond motifs is 1. The molecule has 0 aliphatic heterocycles. The minimum atomic E-state index is -3.67. The number of ketones is 1. The van der Waals surface area contributed by atoms with Crippen molar-refractivity contribution in [2.45, 2.75) is 23.8 Å². The second-order valence-corrected chi connectivity index (χ2v) is 8.70. The van der Waals surface area contributed by atoms with Gasteiger partial charge in [0.2, 0.25) is 10.0 Å². The minimum absolute atomic E-state index is 0.000272. The molecule has 0 unspecified atom stereocenters. The first-order valence-corrected chi connectivity index (χ1v) is 10.7. The fourth-order valence-electron chi connectivity index (χ4n) is 2.94. The normalized spacial score (nSPS) is 13.9. The SMILES string of the molecule is O=C(COC(=O)c1cccc(S(=O)(=O)NC2CC2)c1)c1ccc2ccccc2c1. The molecule has 0 heterocycles. The predicted molar refractivity (Wildman–Crippen MR) is 108 cm³/mol. The first-order chi connectivity index (χ1) is 13.9. The summed E-state index contributed by atoms with van der Waals surface area (Å²) in [6, 6.07) is 18.5. The second kappa shape index (κ2) is 7.77. The van der Waals surface area contributed by atoms with Crippen molar-refractivity contribution in [3.05, 3.63) is 77.9 Å². The van der Waals surface area contributed by atoms with Gasteiger partial charge in [0.05, 0.1) is 10.5 Å². The Bertz CT molecular complexity index is 1200. The van der Waals surface area contributed by atoms with Gasteiger partial charge in [-0.05, 0) is 47.9 Å². The summed E-state index contributed by atoms with van der Waals surface area (Å²) >= 11 is 0. The van der Waals surface area contributed by atoms with Gasteiger partial charge in [-0.3, -0.25) is 4.79 Å². The van der Waals surface area contributed by atoms with E-state index in [2.05, 4.69) is 4.72 Å². The van der Waals surface area contributed by atoms with Gasteiger partial charge in [0, 0.05) is 11.6 Å². The minimum Gasteiger partial charge on any atom is -0.454 e. The zero-order chi connectivity index (χ0) is 20.4. The van der Waals surface area contributed by atoms with Gasteiger partial charge in [-0.2, -0.15) is 0 Å². The Kier molecular flexibility index (Phi) is 5.17. The lowest BCUT2D eigenvalue weighted by Gasteiger charge is -2.08. The van der Waals surface area contributed by atoms with Crippen LogP contribution in [-0.2, 0) is 14.8 Å². The Balaban J connectivity index is 1.43. The molecular formula is C22H19NO5S. The van der Waals surface area contributed by atoms with E-state index in [1.807, 2.05) is 30.3 Å². The van der Waals surface area contributed by atoms with Crippen LogP contribution in [0.4, 0.5) is 0 Å². The van der Waals surface area contributed by atoms with Crippen LogP contribution < -0.4 is 4.72 Å². The van der Waals surface area contributed by atoms with Gasteiger partial charge in [-0.1, -0.05) is 42.5 Å². The topological polar surface area (TPSA) is 89.5 Å². The van der Waals surface area contributed by atoms with Crippen LogP contribution in [0.15, 0.2) is 71.6 Å². The summed E-state index contributed by atoms with van der Waals surface area (Å²) in [5, 5.41) is 1.93. The van der Waals surface area contributed by atoms with Crippen LogP contribution in [-0.4, -0.2) is 32.8 Å². The van der Waals surface area contributed by atoms with Crippen molar-refractivity contribution in [1.29, 1.82) is 0 Å². The molecule has 0 amide bonds. The summed E-state index contributed by atoms with van der Waals surface area (Å²) in [5.74, 6) is -1.08. The van der Waals surface area contributed by atoms with E-state index in [9.17, 15) is 18.0 Å². The Labute approximate surface area is 168 Å². The number of benzene rings is 3. The third kappa shape index (κ3) is 4.52. The van der Waals surface area contributed by atoms with Crippen LogP contribution in [0.25, 0.3) is 10.8 Å². The van der Waals surface area contributed by atoms with Gasteiger partial charge < -0.3 is 4.74 Å². The third-order valence-electron chi connectivity index (χ3n) is 4.69. The lowest BCUT2D eigenvalue weighted by atomic mass is 10.0. The molecule has 6 nitrogen and oxygen atoms in total. The van der Waals surface area contributed by atoms with Crippen LogP contribution >= 0.6 is 0 Å². The summed E-state index contributed by atoms with van der Waals surface area (Å²) in [6.07, 6.45) is 1.63. The molecule has 3 aromatic rings. The number of carbonyl (C=O) groups excluding carboxylic acids is 2. The fraction of sp³-hybridized carbons (Fsp3) is 0.182. The average molecular weight is 409 g/mol. The molecule has 0 spiro atoms. The molecule has 0 bridgehead atoms. The van der Waals surface area contributed by atoms with Crippen LogP contribution in [0.1, 0.15) is 33.6 Å². The summed E-state index contributed by atoms with van der Waals surface area (Å²) in [4.78, 5) is 24.7. The van der Waals surface area contributed by atoms with Gasteiger partial charge >= 0.3 is 5.97 Å². The molecule has 0 saturated heterocycles. The number of carbonyl (C=O) groups is 2. The average Bonchev–Trinajstić information content (AvgIpc) is 3.54. The van der Waals surface area contributed by atoms with Crippen LogP contribution in [0.2, 0.25) is 0 Å². The van der Waals surface area contributed by atoms with Gasteiger partial charge in [0.25, 0.3) is 0 Å². The number of nitrogens with one attached hydrogen (secondary N) is 1. The van der Waals surface area contributed by atoms with Crippen LogP contribution in [0, 0.1) is 0 Å². The predicted octanol–water partition coefficient (Wildman–Crippen LogP) is 3.32. The molecule has 1 fully saturated rings. The standard InChI is InChI=1S/C22H19NO5S/c24-21(17-9-8-15-4-1-2-5-16(15)12-17)14-28-22(25)18-6-3-7-20(13-18)29(26,27)23-19-10-11-19/h1-9,12-13,19,23H,10-11,14H2. The number of Topliss-reactive ketones (excluding diaryl/α,β-unsaturated/α-hetero) is 1. The molecule has 0 radical (unpaired) electrons. The van der Waals surface area contributed by atoms with Gasteiger partial charge in [0.15, 0.2) is 12.4 Å². The number of ether oxygens (including phenoxy) is 1. The van der Waals surface area contributed by atoms with Crippen LogP contribution in [0.3, 0.4) is 0 Å². The highest BCUT2D eigenvalue weighted by molar-refractivity contribution is 7.89. The quantitative estimate of drug-likeness (QED) is 0.478. The summed E-state index contributed by atoms with van der Waals surface area (Å²) in [6.45, 7) is -0.422. The molecule has 1 N–H and O–H groups in total. The number of rotatable bonds is 7. The molecule has 1 saturated carbocycles. The molecule has 3 aromatic carbocycles.